The van der Waals surface area contributed by atoms with E-state index in [9.17, 15) is 29.1 Å². The average Bonchev–Trinajstić information content (AvgIpc) is 3.21. The molecule has 348 valence electrons. The number of nitrogens with one attached hydrogen (secondary N) is 2. The van der Waals surface area contributed by atoms with Gasteiger partial charge < -0.3 is 44.2 Å². The van der Waals surface area contributed by atoms with Crippen LogP contribution in [-0.4, -0.2) is 103 Å². The van der Waals surface area contributed by atoms with Gasteiger partial charge in [-0.1, -0.05) is 69.3 Å². The Morgan fingerprint density at radius 3 is 2.12 bits per heavy atom. The van der Waals surface area contributed by atoms with Crippen LogP contribution >= 0.6 is 0 Å². The molecule has 6 rings (SSSR count). The molecular formula is C49H64N2O13. The molecule has 0 spiro atoms. The number of aliphatic hydroxyl groups is 1. The van der Waals surface area contributed by atoms with Crippen LogP contribution in [0.15, 0.2) is 71.8 Å². The second-order valence-electron chi connectivity index (χ2n) is 19.5. The number of benzene rings is 2. The van der Waals surface area contributed by atoms with Gasteiger partial charge in [0.15, 0.2) is 0 Å². The third-order valence-electron chi connectivity index (χ3n) is 14.3. The van der Waals surface area contributed by atoms with Gasteiger partial charge in [0.2, 0.25) is 6.10 Å². The lowest BCUT2D eigenvalue weighted by Gasteiger charge is -2.68. The maximum absolute atomic E-state index is 15.6. The summed E-state index contributed by atoms with van der Waals surface area (Å²) >= 11 is 0. The summed E-state index contributed by atoms with van der Waals surface area (Å²) in [5, 5.41) is 19.3. The third kappa shape index (κ3) is 8.58. The topological polar surface area (TPSA) is 202 Å². The number of Topliss-reactive ketones (excluding diaryl/α,β-unsaturated/α-hetero) is 1. The van der Waals surface area contributed by atoms with Crippen LogP contribution in [-0.2, 0) is 47.6 Å². The van der Waals surface area contributed by atoms with E-state index in [-0.39, 0.29) is 30.2 Å². The molecule has 0 unspecified atom stereocenters. The Labute approximate surface area is 375 Å². The maximum Gasteiger partial charge on any atom is 0.408 e. The molecule has 0 aliphatic heterocycles. The van der Waals surface area contributed by atoms with Crippen LogP contribution < -0.4 is 10.6 Å². The molecule has 0 aromatic heterocycles. The predicted molar refractivity (Wildman–Crippen MR) is 232 cm³/mol. The smallest absolute Gasteiger partial charge is 0.408 e. The van der Waals surface area contributed by atoms with E-state index in [1.54, 1.807) is 116 Å². The highest BCUT2D eigenvalue weighted by molar-refractivity contribution is 5.92. The molecule has 11 atom stereocenters. The molecule has 1 amide bonds. The number of amides is 1. The molecule has 2 aromatic carbocycles. The summed E-state index contributed by atoms with van der Waals surface area (Å²) in [5.41, 5.74) is -5.76. The number of alkyl carbamates (subject to hydrolysis) is 1. The van der Waals surface area contributed by atoms with Crippen molar-refractivity contribution < 1.29 is 62.3 Å². The molecule has 3 saturated carbocycles. The molecular weight excluding hydrogens is 825 g/mol. The van der Waals surface area contributed by atoms with E-state index in [1.807, 2.05) is 0 Å². The van der Waals surface area contributed by atoms with E-state index in [1.165, 1.54) is 21.1 Å². The summed E-state index contributed by atoms with van der Waals surface area (Å²) in [4.78, 5) is 84.7. The van der Waals surface area contributed by atoms with Crippen LogP contribution in [0.2, 0.25) is 0 Å². The van der Waals surface area contributed by atoms with Crippen LogP contribution in [0.5, 0.6) is 0 Å². The molecule has 4 aliphatic carbocycles. The van der Waals surface area contributed by atoms with Crippen molar-refractivity contribution in [3.05, 3.63) is 82.9 Å². The Morgan fingerprint density at radius 2 is 1.58 bits per heavy atom. The number of hydrogen-bond acceptors (Lipinski definition) is 14. The number of fused-ring (bicyclic) bond motifs is 5. The minimum Gasteiger partial charge on any atom is -0.458 e. The normalized spacial score (nSPS) is 31.5. The van der Waals surface area contributed by atoms with Crippen LogP contribution in [0, 0.1) is 28.6 Å². The lowest BCUT2D eigenvalue weighted by atomic mass is 9.40. The van der Waals surface area contributed by atoms with Crippen LogP contribution in [0.4, 0.5) is 4.79 Å². The Morgan fingerprint density at radius 1 is 0.953 bits per heavy atom. The monoisotopic (exact) mass is 888 g/mol. The standard InChI is InChI=1S/C49H64N2O13/c1-27-33(60-43(56)38(61-35(53)26-50-10)37(30-18-14-12-15-19-30)51-44(57)64-45(4,5)6)25-49(58)41(62-42(55)31-20-16-13-17-21-31)39-47(9,40(54)28(2)36(27)46(49,7)8)34(59-11)24-32-22-23-48(32,39)63-29(3)52/h12-21,28,32-34,37-39,41,50,58H,22-26H2,1-11H3,(H,51,57)/t28-,32-,33+,34+,37+,38-,39+,41+,47-,48+,49-/m1/s1. The van der Waals surface area contributed by atoms with Gasteiger partial charge in [0.1, 0.15) is 40.8 Å². The molecule has 4 aliphatic rings. The van der Waals surface area contributed by atoms with Gasteiger partial charge >= 0.3 is 30.0 Å². The summed E-state index contributed by atoms with van der Waals surface area (Å²) in [5.74, 6) is -5.95. The molecule has 3 N–H and O–H groups in total. The SMILES string of the molecule is CNCC(=O)O[C@@H](C(=O)O[C@H]1C[C@@]2(O)[C@@H](OC(=O)c3ccccc3)[C@@H]3[C@]4(OC(C)=O)CC[C@@H]4C[C@H](OC)[C@@]3(C)C(=O)[C@H](C)C(=C1C)C2(C)C)[C@@H](NC(=O)OC(C)(C)C)c1ccccc1. The zero-order valence-corrected chi connectivity index (χ0v) is 38.8. The highest BCUT2D eigenvalue weighted by Gasteiger charge is 2.77. The quantitative estimate of drug-likeness (QED) is 0.128. The number of hydrogen-bond donors (Lipinski definition) is 3. The third-order valence-corrected chi connectivity index (χ3v) is 14.3. The van der Waals surface area contributed by atoms with Gasteiger partial charge in [-0.15, -0.1) is 0 Å². The summed E-state index contributed by atoms with van der Waals surface area (Å²) in [6.45, 7) is 14.8. The fraction of sp³-hybridized carbons (Fsp3) is 0.592. The molecule has 2 bridgehead atoms. The Balaban J connectivity index is 1.54. The molecule has 64 heavy (non-hydrogen) atoms. The van der Waals surface area contributed by atoms with Crippen LogP contribution in [0.3, 0.4) is 0 Å². The van der Waals surface area contributed by atoms with Gasteiger partial charge in [0.25, 0.3) is 0 Å². The lowest BCUT2D eigenvalue weighted by molar-refractivity contribution is -0.297. The average molecular weight is 889 g/mol. The number of ether oxygens (including phenoxy) is 6. The summed E-state index contributed by atoms with van der Waals surface area (Å²) in [7, 11) is 3.05. The minimum atomic E-state index is -2.13. The number of carbonyl (C=O) groups is 6. The van der Waals surface area contributed by atoms with E-state index in [4.69, 9.17) is 28.4 Å². The number of esters is 4. The Kier molecular flexibility index (Phi) is 13.6. The van der Waals surface area contributed by atoms with E-state index in [0.29, 0.717) is 36.0 Å². The van der Waals surface area contributed by atoms with Crippen LogP contribution in [0.1, 0.15) is 110 Å². The Hall–Kier alpha value is -5.12. The molecule has 3 fully saturated rings. The van der Waals surface area contributed by atoms with Gasteiger partial charge in [0.05, 0.1) is 29.5 Å². The molecule has 15 heteroatoms. The second kappa shape index (κ2) is 18.0. The highest BCUT2D eigenvalue weighted by Crippen LogP contribution is 2.68. The van der Waals surface area contributed by atoms with E-state index < -0.39 is 99.9 Å². The largest absolute Gasteiger partial charge is 0.458 e. The second-order valence-corrected chi connectivity index (χ2v) is 19.5. The van der Waals surface area contributed by atoms with Gasteiger partial charge in [-0.2, -0.15) is 0 Å². The maximum atomic E-state index is 15.6. The van der Waals surface area contributed by atoms with Crippen molar-refractivity contribution in [2.75, 3.05) is 20.7 Å². The fourth-order valence-electron chi connectivity index (χ4n) is 11.3. The van der Waals surface area contributed by atoms with E-state index in [0.717, 1.165) is 0 Å². The predicted octanol–water partition coefficient (Wildman–Crippen LogP) is 5.97. The Bertz CT molecular complexity index is 2150. The number of ketones is 1. The first-order chi connectivity index (χ1) is 30.0. The van der Waals surface area contributed by atoms with Crippen molar-refractivity contribution >= 4 is 35.8 Å². The van der Waals surface area contributed by atoms with Gasteiger partial charge in [0, 0.05) is 37.7 Å². The number of methoxy groups -OCH3 is 1. The molecule has 0 heterocycles. The first-order valence-electron chi connectivity index (χ1n) is 22.0. The highest BCUT2D eigenvalue weighted by atomic mass is 16.6. The summed E-state index contributed by atoms with van der Waals surface area (Å²) in [6, 6.07) is 15.3. The van der Waals surface area contributed by atoms with Crippen molar-refractivity contribution in [1.29, 1.82) is 0 Å². The molecule has 0 saturated heterocycles. The minimum absolute atomic E-state index is 0.180. The van der Waals surface area contributed by atoms with Crippen molar-refractivity contribution in [2.24, 2.45) is 28.6 Å². The van der Waals surface area contributed by atoms with Crippen molar-refractivity contribution in [3.63, 3.8) is 0 Å². The van der Waals surface area contributed by atoms with Gasteiger partial charge in [-0.3, -0.25) is 14.4 Å². The van der Waals surface area contributed by atoms with Crippen molar-refractivity contribution in [2.45, 2.75) is 135 Å². The molecule has 2 aromatic rings. The van der Waals surface area contributed by atoms with E-state index >= 15 is 4.79 Å². The number of rotatable bonds is 12. The zero-order valence-electron chi connectivity index (χ0n) is 38.8. The van der Waals surface area contributed by atoms with Crippen LogP contribution in [0.25, 0.3) is 0 Å². The van der Waals surface area contributed by atoms with Crippen molar-refractivity contribution in [1.82, 2.24) is 10.6 Å². The number of likely N-dealkylation sites (N-methyl/N-ethyl adjacent to an activating group) is 1. The van der Waals surface area contributed by atoms with E-state index in [2.05, 4.69) is 10.6 Å². The lowest BCUT2D eigenvalue weighted by Crippen LogP contribution is -2.78. The fourth-order valence-corrected chi connectivity index (χ4v) is 11.3. The first kappa shape index (κ1) is 48.3. The zero-order chi connectivity index (χ0) is 47.2. The summed E-state index contributed by atoms with van der Waals surface area (Å²) in [6.07, 6.45) is -5.30. The molecule has 15 nitrogen and oxygen atoms in total. The van der Waals surface area contributed by atoms with Gasteiger partial charge in [-0.25, -0.2) is 14.4 Å². The summed E-state index contributed by atoms with van der Waals surface area (Å²) < 4.78 is 36.9. The first-order valence-corrected chi connectivity index (χ1v) is 22.0. The number of carbonyl (C=O) groups excluding carboxylic acids is 6. The van der Waals surface area contributed by atoms with Gasteiger partial charge in [-0.05, 0) is 89.8 Å². The van der Waals surface area contributed by atoms with Crippen molar-refractivity contribution in [3.8, 4) is 0 Å². The molecule has 0 radical (unpaired) electrons.